The van der Waals surface area contributed by atoms with E-state index in [1.54, 1.807) is 0 Å². The van der Waals surface area contributed by atoms with Crippen molar-refractivity contribution in [1.82, 2.24) is 4.98 Å². The molecule has 106 valence electrons. The van der Waals surface area contributed by atoms with Crippen LogP contribution in [0.1, 0.15) is 25.3 Å². The van der Waals surface area contributed by atoms with Gasteiger partial charge < -0.3 is 10.6 Å². The molecule has 1 aromatic heterocycles. The van der Waals surface area contributed by atoms with Crippen LogP contribution in [0.15, 0.2) is 47.1 Å². The first-order chi connectivity index (χ1) is 9.76. The fourth-order valence-corrected chi connectivity index (χ4v) is 2.53. The third-order valence-corrected chi connectivity index (χ3v) is 3.62. The number of halogens is 1. The summed E-state index contributed by atoms with van der Waals surface area (Å²) in [7, 11) is 0. The van der Waals surface area contributed by atoms with Crippen molar-refractivity contribution in [2.75, 3.05) is 11.4 Å². The van der Waals surface area contributed by atoms with Crippen molar-refractivity contribution in [1.29, 1.82) is 0 Å². The van der Waals surface area contributed by atoms with Crippen molar-refractivity contribution in [2.45, 2.75) is 26.3 Å². The third kappa shape index (κ3) is 3.58. The van der Waals surface area contributed by atoms with Gasteiger partial charge >= 0.3 is 0 Å². The Hall–Kier alpha value is -1.39. The molecule has 0 aliphatic heterocycles. The van der Waals surface area contributed by atoms with Crippen LogP contribution in [-0.2, 0) is 6.54 Å². The first-order valence-electron chi connectivity index (χ1n) is 6.93. The maximum atomic E-state index is 5.88. The van der Waals surface area contributed by atoms with Crippen molar-refractivity contribution < 1.29 is 0 Å². The van der Waals surface area contributed by atoms with Gasteiger partial charge in [0.2, 0.25) is 0 Å². The van der Waals surface area contributed by atoms with E-state index in [4.69, 9.17) is 5.73 Å². The molecule has 3 nitrogen and oxygen atoms in total. The summed E-state index contributed by atoms with van der Waals surface area (Å²) >= 11 is 3.46. The lowest BCUT2D eigenvalue weighted by molar-refractivity contribution is 0.775. The predicted molar refractivity (Wildman–Crippen MR) is 88.2 cm³/mol. The van der Waals surface area contributed by atoms with Gasteiger partial charge in [-0.15, -0.1) is 0 Å². The van der Waals surface area contributed by atoms with E-state index in [2.05, 4.69) is 57.0 Å². The molecule has 1 heterocycles. The van der Waals surface area contributed by atoms with E-state index in [1.807, 2.05) is 18.3 Å². The van der Waals surface area contributed by atoms with E-state index < -0.39 is 0 Å². The van der Waals surface area contributed by atoms with Crippen molar-refractivity contribution >= 4 is 27.4 Å². The molecule has 4 heteroatoms. The Morgan fingerprint density at radius 1 is 1.25 bits per heavy atom. The lowest BCUT2D eigenvalue weighted by Gasteiger charge is -2.26. The van der Waals surface area contributed by atoms with Crippen LogP contribution in [0.4, 0.5) is 11.5 Å². The Kier molecular flexibility index (Phi) is 5.56. The highest BCUT2D eigenvalue weighted by molar-refractivity contribution is 9.10. The minimum Gasteiger partial charge on any atom is -0.326 e. The fraction of sp³-hybridized carbons (Fsp3) is 0.312. The Morgan fingerprint density at radius 3 is 2.65 bits per heavy atom. The van der Waals surface area contributed by atoms with E-state index in [-0.39, 0.29) is 0 Å². The average Bonchev–Trinajstić information content (AvgIpc) is 2.49. The number of para-hydroxylation sites is 1. The van der Waals surface area contributed by atoms with E-state index in [0.717, 1.165) is 40.9 Å². The molecule has 20 heavy (non-hydrogen) atoms. The number of anilines is 2. The molecule has 2 N–H and O–H groups in total. The quantitative estimate of drug-likeness (QED) is 0.859. The second kappa shape index (κ2) is 7.41. The normalized spacial score (nSPS) is 10.6. The standard InChI is InChI=1S/C16H20BrN3/c1-2-3-9-20(15-7-5-4-6-8-15)16-13(11-18)10-14(17)12-19-16/h4-8,10,12H,2-3,9,11,18H2,1H3. The summed E-state index contributed by atoms with van der Waals surface area (Å²) in [6.45, 7) is 3.63. The molecule has 0 atom stereocenters. The molecule has 2 aromatic rings. The SMILES string of the molecule is CCCCN(c1ccccc1)c1ncc(Br)cc1CN. The number of unbranched alkanes of at least 4 members (excludes halogenated alkanes) is 1. The van der Waals surface area contributed by atoms with Crippen LogP contribution >= 0.6 is 15.9 Å². The highest BCUT2D eigenvalue weighted by Gasteiger charge is 2.14. The summed E-state index contributed by atoms with van der Waals surface area (Å²) in [5, 5.41) is 0. The third-order valence-electron chi connectivity index (χ3n) is 3.19. The molecule has 1 aromatic carbocycles. The van der Waals surface area contributed by atoms with E-state index in [0.29, 0.717) is 6.54 Å². The van der Waals surface area contributed by atoms with Gasteiger partial charge in [-0.05, 0) is 40.5 Å². The van der Waals surface area contributed by atoms with Crippen LogP contribution in [0.25, 0.3) is 0 Å². The monoisotopic (exact) mass is 333 g/mol. The van der Waals surface area contributed by atoms with Gasteiger partial charge in [0.1, 0.15) is 5.82 Å². The largest absolute Gasteiger partial charge is 0.326 e. The molecular weight excluding hydrogens is 314 g/mol. The summed E-state index contributed by atoms with van der Waals surface area (Å²) < 4.78 is 0.963. The summed E-state index contributed by atoms with van der Waals surface area (Å²) in [5.41, 5.74) is 8.09. The van der Waals surface area contributed by atoms with Gasteiger partial charge in [-0.2, -0.15) is 0 Å². The first kappa shape index (κ1) is 15.0. The molecule has 0 aliphatic carbocycles. The second-order valence-corrected chi connectivity index (χ2v) is 5.60. The van der Waals surface area contributed by atoms with Gasteiger partial charge in [-0.25, -0.2) is 4.98 Å². The van der Waals surface area contributed by atoms with Crippen LogP contribution < -0.4 is 10.6 Å². The Balaban J connectivity index is 2.41. The van der Waals surface area contributed by atoms with E-state index in [9.17, 15) is 0 Å². The maximum Gasteiger partial charge on any atom is 0.137 e. The Labute approximate surface area is 129 Å². The molecule has 0 bridgehead atoms. The molecule has 0 aliphatic rings. The van der Waals surface area contributed by atoms with Gasteiger partial charge in [0, 0.05) is 35.0 Å². The van der Waals surface area contributed by atoms with Gasteiger partial charge in [0.25, 0.3) is 0 Å². The molecule has 0 unspecified atom stereocenters. The zero-order valence-electron chi connectivity index (χ0n) is 11.7. The van der Waals surface area contributed by atoms with Crippen molar-refractivity contribution in [3.63, 3.8) is 0 Å². The number of aromatic nitrogens is 1. The number of pyridine rings is 1. The van der Waals surface area contributed by atoms with Crippen molar-refractivity contribution in [2.24, 2.45) is 5.73 Å². The number of nitrogens with zero attached hydrogens (tertiary/aromatic N) is 2. The van der Waals surface area contributed by atoms with Crippen molar-refractivity contribution in [3.8, 4) is 0 Å². The summed E-state index contributed by atoms with van der Waals surface area (Å²) in [6.07, 6.45) is 4.10. The Morgan fingerprint density at radius 2 is 2.00 bits per heavy atom. The van der Waals surface area contributed by atoms with Gasteiger partial charge in [0.05, 0.1) is 0 Å². The number of hydrogen-bond acceptors (Lipinski definition) is 3. The predicted octanol–water partition coefficient (Wildman–Crippen LogP) is 4.24. The molecule has 0 saturated heterocycles. The Bertz CT molecular complexity index is 543. The highest BCUT2D eigenvalue weighted by Crippen LogP contribution is 2.28. The summed E-state index contributed by atoms with van der Waals surface area (Å²) in [5.74, 6) is 0.954. The van der Waals surface area contributed by atoms with Crippen LogP contribution in [0.2, 0.25) is 0 Å². The van der Waals surface area contributed by atoms with Crippen LogP contribution in [0, 0.1) is 0 Å². The molecule has 0 amide bonds. The lowest BCUT2D eigenvalue weighted by atomic mass is 10.2. The molecular formula is C16H20BrN3. The van der Waals surface area contributed by atoms with Crippen LogP contribution in [0.3, 0.4) is 0 Å². The molecule has 0 fully saturated rings. The topological polar surface area (TPSA) is 42.2 Å². The fourth-order valence-electron chi connectivity index (χ4n) is 2.15. The number of nitrogens with two attached hydrogens (primary N) is 1. The number of rotatable bonds is 6. The second-order valence-electron chi connectivity index (χ2n) is 4.68. The van der Waals surface area contributed by atoms with Gasteiger partial charge in [0.15, 0.2) is 0 Å². The van der Waals surface area contributed by atoms with Crippen LogP contribution in [-0.4, -0.2) is 11.5 Å². The zero-order valence-corrected chi connectivity index (χ0v) is 13.3. The van der Waals surface area contributed by atoms with Gasteiger partial charge in [-0.3, -0.25) is 0 Å². The zero-order chi connectivity index (χ0) is 14.4. The van der Waals surface area contributed by atoms with Crippen molar-refractivity contribution in [3.05, 3.63) is 52.6 Å². The molecule has 0 spiro atoms. The summed E-state index contributed by atoms with van der Waals surface area (Å²) in [6, 6.07) is 12.4. The minimum absolute atomic E-state index is 0.483. The smallest absolute Gasteiger partial charge is 0.137 e. The lowest BCUT2D eigenvalue weighted by Crippen LogP contribution is -2.21. The molecule has 0 radical (unpaired) electrons. The number of benzene rings is 1. The van der Waals surface area contributed by atoms with E-state index in [1.165, 1.54) is 0 Å². The highest BCUT2D eigenvalue weighted by atomic mass is 79.9. The van der Waals surface area contributed by atoms with Crippen LogP contribution in [0.5, 0.6) is 0 Å². The number of hydrogen-bond donors (Lipinski definition) is 1. The summed E-state index contributed by atoms with van der Waals surface area (Å²) in [4.78, 5) is 6.83. The van der Waals surface area contributed by atoms with Gasteiger partial charge in [-0.1, -0.05) is 31.5 Å². The minimum atomic E-state index is 0.483. The maximum absolute atomic E-state index is 5.88. The van der Waals surface area contributed by atoms with E-state index >= 15 is 0 Å². The molecule has 0 saturated carbocycles. The average molecular weight is 334 g/mol. The first-order valence-corrected chi connectivity index (χ1v) is 7.72. The molecule has 2 rings (SSSR count).